The van der Waals surface area contributed by atoms with Gasteiger partial charge in [-0.05, 0) is 37.3 Å². The quantitative estimate of drug-likeness (QED) is 0.708. The van der Waals surface area contributed by atoms with Gasteiger partial charge in [-0.25, -0.2) is 0 Å². The Kier molecular flexibility index (Phi) is 5.00. The first-order valence-electron chi connectivity index (χ1n) is 7.56. The van der Waals surface area contributed by atoms with E-state index in [9.17, 15) is 4.79 Å². The first-order chi connectivity index (χ1) is 9.27. The van der Waals surface area contributed by atoms with Gasteiger partial charge < -0.3 is 4.74 Å². The van der Waals surface area contributed by atoms with E-state index in [1.807, 2.05) is 12.1 Å². The molecule has 0 saturated heterocycles. The number of ether oxygens (including phenoxy) is 1. The van der Waals surface area contributed by atoms with E-state index < -0.39 is 0 Å². The highest BCUT2D eigenvalue weighted by Gasteiger charge is 2.24. The van der Waals surface area contributed by atoms with Crippen molar-refractivity contribution in [3.05, 3.63) is 29.3 Å². The molecule has 0 spiro atoms. The van der Waals surface area contributed by atoms with Crippen LogP contribution >= 0.6 is 0 Å². The number of carbonyl (C=O) groups excluding carboxylic acids is 1. The first kappa shape index (κ1) is 14.1. The van der Waals surface area contributed by atoms with Crippen LogP contribution in [0.2, 0.25) is 0 Å². The van der Waals surface area contributed by atoms with Crippen LogP contribution in [0.15, 0.2) is 18.2 Å². The minimum Gasteiger partial charge on any atom is -0.493 e. The van der Waals surface area contributed by atoms with Crippen molar-refractivity contribution in [3.8, 4) is 5.75 Å². The van der Waals surface area contributed by atoms with E-state index in [2.05, 4.69) is 19.9 Å². The van der Waals surface area contributed by atoms with Crippen LogP contribution in [0.4, 0.5) is 0 Å². The zero-order valence-corrected chi connectivity index (χ0v) is 12.1. The summed E-state index contributed by atoms with van der Waals surface area (Å²) >= 11 is 0. The third-order valence-corrected chi connectivity index (χ3v) is 3.97. The van der Waals surface area contributed by atoms with Crippen molar-refractivity contribution < 1.29 is 9.53 Å². The molecule has 1 unspecified atom stereocenters. The molecule has 1 aromatic rings. The van der Waals surface area contributed by atoms with Crippen molar-refractivity contribution in [2.45, 2.75) is 52.4 Å². The van der Waals surface area contributed by atoms with Gasteiger partial charge in [0.25, 0.3) is 0 Å². The van der Waals surface area contributed by atoms with Crippen LogP contribution in [-0.4, -0.2) is 12.4 Å². The van der Waals surface area contributed by atoms with Gasteiger partial charge >= 0.3 is 0 Å². The van der Waals surface area contributed by atoms with E-state index in [0.717, 1.165) is 56.4 Å². The molecule has 1 heterocycles. The SMILES string of the molecule is CCCCC(CC)C(=O)c1cccc2c1OCCC2. The smallest absolute Gasteiger partial charge is 0.169 e. The molecule has 0 aromatic heterocycles. The lowest BCUT2D eigenvalue weighted by Crippen LogP contribution is -2.18. The first-order valence-corrected chi connectivity index (χ1v) is 7.56. The normalized spacial score (nSPS) is 15.5. The number of aryl methyl sites for hydroxylation is 1. The number of hydrogen-bond donors (Lipinski definition) is 0. The van der Waals surface area contributed by atoms with Crippen molar-refractivity contribution >= 4 is 5.78 Å². The van der Waals surface area contributed by atoms with Crippen LogP contribution in [0.25, 0.3) is 0 Å². The van der Waals surface area contributed by atoms with E-state index in [1.54, 1.807) is 0 Å². The molecule has 0 N–H and O–H groups in total. The maximum Gasteiger partial charge on any atom is 0.169 e. The van der Waals surface area contributed by atoms with Gasteiger partial charge in [-0.1, -0.05) is 38.8 Å². The number of ketones is 1. The highest BCUT2D eigenvalue weighted by atomic mass is 16.5. The van der Waals surface area contributed by atoms with Crippen LogP contribution in [-0.2, 0) is 6.42 Å². The third-order valence-electron chi connectivity index (χ3n) is 3.97. The minimum absolute atomic E-state index is 0.150. The van der Waals surface area contributed by atoms with E-state index in [1.165, 1.54) is 5.56 Å². The minimum atomic E-state index is 0.150. The Bertz CT molecular complexity index is 437. The predicted molar refractivity (Wildman–Crippen MR) is 77.9 cm³/mol. The Labute approximate surface area is 116 Å². The lowest BCUT2D eigenvalue weighted by Gasteiger charge is -2.22. The second-order valence-electron chi connectivity index (χ2n) is 5.36. The third kappa shape index (κ3) is 3.17. The summed E-state index contributed by atoms with van der Waals surface area (Å²) < 4.78 is 5.75. The lowest BCUT2D eigenvalue weighted by atomic mass is 9.88. The number of carbonyl (C=O) groups is 1. The molecular formula is C17H24O2. The number of para-hydroxylation sites is 1. The summed E-state index contributed by atoms with van der Waals surface area (Å²) in [6.07, 6.45) is 6.27. The summed E-state index contributed by atoms with van der Waals surface area (Å²) in [5.74, 6) is 1.28. The topological polar surface area (TPSA) is 26.3 Å². The predicted octanol–water partition coefficient (Wildman–Crippen LogP) is 4.41. The molecule has 0 saturated carbocycles. The number of fused-ring (bicyclic) bond motifs is 1. The second-order valence-corrected chi connectivity index (χ2v) is 5.36. The monoisotopic (exact) mass is 260 g/mol. The summed E-state index contributed by atoms with van der Waals surface area (Å²) in [4.78, 5) is 12.7. The van der Waals surface area contributed by atoms with Crippen LogP contribution in [0.3, 0.4) is 0 Å². The average molecular weight is 260 g/mol. The molecule has 1 aliphatic rings. The van der Waals surface area contributed by atoms with Gasteiger partial charge in [-0.3, -0.25) is 4.79 Å². The molecule has 2 nitrogen and oxygen atoms in total. The van der Waals surface area contributed by atoms with Gasteiger partial charge in [0.15, 0.2) is 5.78 Å². The van der Waals surface area contributed by atoms with Crippen LogP contribution in [0.5, 0.6) is 5.75 Å². The zero-order chi connectivity index (χ0) is 13.7. The summed E-state index contributed by atoms with van der Waals surface area (Å²) in [6.45, 7) is 5.02. The van der Waals surface area contributed by atoms with Crippen LogP contribution < -0.4 is 4.74 Å². The summed E-state index contributed by atoms with van der Waals surface area (Å²) in [5.41, 5.74) is 2.00. The molecule has 0 amide bonds. The van der Waals surface area contributed by atoms with E-state index in [0.29, 0.717) is 0 Å². The second kappa shape index (κ2) is 6.74. The number of hydrogen-bond acceptors (Lipinski definition) is 2. The van der Waals surface area contributed by atoms with Crippen LogP contribution in [0, 0.1) is 5.92 Å². The Morgan fingerprint density at radius 3 is 2.95 bits per heavy atom. The van der Waals surface area contributed by atoms with Gasteiger partial charge in [-0.2, -0.15) is 0 Å². The average Bonchev–Trinajstić information content (AvgIpc) is 2.47. The Morgan fingerprint density at radius 2 is 2.21 bits per heavy atom. The van der Waals surface area contributed by atoms with Crippen molar-refractivity contribution in [3.63, 3.8) is 0 Å². The van der Waals surface area contributed by atoms with Gasteiger partial charge in [0.05, 0.1) is 12.2 Å². The van der Waals surface area contributed by atoms with E-state index >= 15 is 0 Å². The molecule has 1 atom stereocenters. The molecule has 0 bridgehead atoms. The molecule has 19 heavy (non-hydrogen) atoms. The molecule has 0 radical (unpaired) electrons. The Morgan fingerprint density at radius 1 is 1.37 bits per heavy atom. The maximum absolute atomic E-state index is 12.7. The number of benzene rings is 1. The molecule has 1 aliphatic heterocycles. The summed E-state index contributed by atoms with van der Waals surface area (Å²) in [5, 5.41) is 0. The standard InChI is InChI=1S/C17H24O2/c1-3-5-8-13(4-2)16(18)15-11-6-9-14-10-7-12-19-17(14)15/h6,9,11,13H,3-5,7-8,10,12H2,1-2H3. The van der Waals surface area contributed by atoms with Crippen molar-refractivity contribution in [2.24, 2.45) is 5.92 Å². The van der Waals surface area contributed by atoms with Crippen molar-refractivity contribution in [2.75, 3.05) is 6.61 Å². The number of rotatable bonds is 6. The molecule has 1 aromatic carbocycles. The number of unbranched alkanes of at least 4 members (excludes halogenated alkanes) is 1. The maximum atomic E-state index is 12.7. The van der Waals surface area contributed by atoms with E-state index in [4.69, 9.17) is 4.74 Å². The Balaban J connectivity index is 2.22. The summed E-state index contributed by atoms with van der Waals surface area (Å²) in [7, 11) is 0. The molecule has 0 aliphatic carbocycles. The Hall–Kier alpha value is -1.31. The molecule has 2 rings (SSSR count). The van der Waals surface area contributed by atoms with Crippen molar-refractivity contribution in [1.29, 1.82) is 0 Å². The fourth-order valence-corrected chi connectivity index (χ4v) is 2.77. The summed E-state index contributed by atoms with van der Waals surface area (Å²) in [6, 6.07) is 6.01. The van der Waals surface area contributed by atoms with Gasteiger partial charge in [0, 0.05) is 5.92 Å². The zero-order valence-electron chi connectivity index (χ0n) is 12.1. The van der Waals surface area contributed by atoms with Crippen molar-refractivity contribution in [1.82, 2.24) is 0 Å². The molecule has 0 fully saturated rings. The highest BCUT2D eigenvalue weighted by molar-refractivity contribution is 6.00. The fourth-order valence-electron chi connectivity index (χ4n) is 2.77. The van der Waals surface area contributed by atoms with Gasteiger partial charge in [0.1, 0.15) is 5.75 Å². The largest absolute Gasteiger partial charge is 0.493 e. The van der Waals surface area contributed by atoms with Gasteiger partial charge in [0.2, 0.25) is 0 Å². The fraction of sp³-hybridized carbons (Fsp3) is 0.588. The lowest BCUT2D eigenvalue weighted by molar-refractivity contribution is 0.0903. The molecule has 2 heteroatoms. The highest BCUT2D eigenvalue weighted by Crippen LogP contribution is 2.32. The van der Waals surface area contributed by atoms with Crippen LogP contribution in [0.1, 0.15) is 61.9 Å². The number of Topliss-reactive ketones (excluding diaryl/α,β-unsaturated/α-hetero) is 1. The molecule has 104 valence electrons. The molecular weight excluding hydrogens is 236 g/mol. The van der Waals surface area contributed by atoms with E-state index in [-0.39, 0.29) is 11.7 Å². The van der Waals surface area contributed by atoms with Gasteiger partial charge in [-0.15, -0.1) is 0 Å².